The first-order chi connectivity index (χ1) is 9.63. The molecule has 0 spiro atoms. The number of nitrogens with zero attached hydrogens (tertiary/aromatic N) is 1. The number of carbonyl (C=O) groups excluding carboxylic acids is 2. The number of carbonyl (C=O) groups is 2. The van der Waals surface area contributed by atoms with Crippen LogP contribution < -0.4 is 5.32 Å². The van der Waals surface area contributed by atoms with E-state index >= 15 is 0 Å². The molecule has 4 nitrogen and oxygen atoms in total. The summed E-state index contributed by atoms with van der Waals surface area (Å²) in [6.07, 6.45) is 2.05. The summed E-state index contributed by atoms with van der Waals surface area (Å²) in [5.74, 6) is -0.106. The highest BCUT2D eigenvalue weighted by Crippen LogP contribution is 2.38. The molecule has 0 radical (unpaired) electrons. The maximum atomic E-state index is 13.0. The second-order valence-corrected chi connectivity index (χ2v) is 6.15. The maximum absolute atomic E-state index is 13.0. The largest absolute Gasteiger partial charge is 0.352 e. The molecule has 20 heavy (non-hydrogen) atoms. The summed E-state index contributed by atoms with van der Waals surface area (Å²) in [5, 5.41) is 2.68. The molecular weight excluding hydrogens is 279 g/mol. The van der Waals surface area contributed by atoms with E-state index in [2.05, 4.69) is 5.32 Å². The summed E-state index contributed by atoms with van der Waals surface area (Å²) in [6.45, 7) is 0.0738. The van der Waals surface area contributed by atoms with Gasteiger partial charge >= 0.3 is 0 Å². The summed E-state index contributed by atoms with van der Waals surface area (Å²) in [6, 6.07) is 6.37. The van der Waals surface area contributed by atoms with E-state index in [9.17, 15) is 14.0 Å². The molecule has 106 valence electrons. The summed E-state index contributed by atoms with van der Waals surface area (Å²) < 4.78 is 13.0. The number of halogens is 1. The fourth-order valence-corrected chi connectivity index (χ4v) is 3.37. The molecule has 0 bridgehead atoms. The van der Waals surface area contributed by atoms with Crippen molar-refractivity contribution in [3.63, 3.8) is 0 Å². The van der Waals surface area contributed by atoms with E-state index < -0.39 is 0 Å². The van der Waals surface area contributed by atoms with E-state index in [1.54, 1.807) is 17.0 Å². The molecule has 1 aliphatic carbocycles. The standard InChI is InChI=1S/C14H15FN2O2S/c15-10-3-1-9(2-4-10)14-17(13(19)8-20-14)7-12(18)16-11-5-6-11/h1-4,11,14H,5-8H2,(H,16,18)/t14-/m0/s1. The molecule has 1 heterocycles. The number of hydrogen-bond acceptors (Lipinski definition) is 3. The summed E-state index contributed by atoms with van der Waals surface area (Å²) >= 11 is 1.47. The predicted molar refractivity (Wildman–Crippen MR) is 74.5 cm³/mol. The Hall–Kier alpha value is -1.56. The van der Waals surface area contributed by atoms with Crippen LogP contribution in [0.15, 0.2) is 24.3 Å². The third-order valence-electron chi connectivity index (χ3n) is 3.38. The molecule has 1 saturated heterocycles. The predicted octanol–water partition coefficient (Wildman–Crippen LogP) is 1.68. The summed E-state index contributed by atoms with van der Waals surface area (Å²) in [5.41, 5.74) is 0.849. The molecule has 1 N–H and O–H groups in total. The molecule has 1 aromatic rings. The van der Waals surface area contributed by atoms with Gasteiger partial charge in [0.1, 0.15) is 17.7 Å². The smallest absolute Gasteiger partial charge is 0.239 e. The molecule has 0 aromatic heterocycles. The molecule has 2 aliphatic rings. The fraction of sp³-hybridized carbons (Fsp3) is 0.429. The highest BCUT2D eigenvalue weighted by molar-refractivity contribution is 8.00. The van der Waals surface area contributed by atoms with Gasteiger partial charge in [-0.1, -0.05) is 12.1 Å². The quantitative estimate of drug-likeness (QED) is 0.919. The van der Waals surface area contributed by atoms with Gasteiger partial charge in [0.05, 0.1) is 5.75 Å². The minimum Gasteiger partial charge on any atom is -0.352 e. The van der Waals surface area contributed by atoms with Gasteiger partial charge in [-0.2, -0.15) is 0 Å². The van der Waals surface area contributed by atoms with E-state index in [-0.39, 0.29) is 35.6 Å². The van der Waals surface area contributed by atoms with E-state index in [4.69, 9.17) is 0 Å². The Morgan fingerprint density at radius 1 is 1.35 bits per heavy atom. The van der Waals surface area contributed by atoms with Crippen molar-refractivity contribution >= 4 is 23.6 Å². The van der Waals surface area contributed by atoms with Crippen LogP contribution in [0.1, 0.15) is 23.8 Å². The first-order valence-electron chi connectivity index (χ1n) is 6.59. The van der Waals surface area contributed by atoms with Crippen LogP contribution in [0.2, 0.25) is 0 Å². The van der Waals surface area contributed by atoms with Crippen molar-refractivity contribution < 1.29 is 14.0 Å². The molecule has 0 unspecified atom stereocenters. The van der Waals surface area contributed by atoms with Crippen molar-refractivity contribution in [3.8, 4) is 0 Å². The van der Waals surface area contributed by atoms with Gasteiger partial charge in [0.2, 0.25) is 11.8 Å². The lowest BCUT2D eigenvalue weighted by Gasteiger charge is -2.23. The first kappa shape index (κ1) is 13.4. The van der Waals surface area contributed by atoms with Crippen molar-refractivity contribution in [3.05, 3.63) is 35.6 Å². The number of rotatable bonds is 4. The third-order valence-corrected chi connectivity index (χ3v) is 4.64. The second-order valence-electron chi connectivity index (χ2n) is 5.08. The van der Waals surface area contributed by atoms with Crippen LogP contribution in [0.5, 0.6) is 0 Å². The van der Waals surface area contributed by atoms with Crippen LogP contribution in [-0.4, -0.2) is 35.1 Å². The highest BCUT2D eigenvalue weighted by atomic mass is 32.2. The number of nitrogens with one attached hydrogen (secondary N) is 1. The minimum atomic E-state index is -0.305. The maximum Gasteiger partial charge on any atom is 0.239 e. The normalized spacial score (nSPS) is 22.1. The molecule has 6 heteroatoms. The van der Waals surface area contributed by atoms with Crippen LogP contribution in [0, 0.1) is 5.82 Å². The number of amides is 2. The summed E-state index contributed by atoms with van der Waals surface area (Å²) in [4.78, 5) is 25.3. The highest BCUT2D eigenvalue weighted by Gasteiger charge is 2.35. The molecule has 2 fully saturated rings. The monoisotopic (exact) mass is 294 g/mol. The Labute approximate surface area is 120 Å². The zero-order chi connectivity index (χ0) is 14.1. The lowest BCUT2D eigenvalue weighted by molar-refractivity contribution is -0.133. The topological polar surface area (TPSA) is 49.4 Å². The molecular formula is C14H15FN2O2S. The average molecular weight is 294 g/mol. The zero-order valence-electron chi connectivity index (χ0n) is 10.8. The molecule has 3 rings (SSSR count). The Morgan fingerprint density at radius 2 is 2.05 bits per heavy atom. The Morgan fingerprint density at radius 3 is 2.70 bits per heavy atom. The Kier molecular flexibility index (Phi) is 3.65. The van der Waals surface area contributed by atoms with Crippen LogP contribution in [0.25, 0.3) is 0 Å². The van der Waals surface area contributed by atoms with Crippen molar-refractivity contribution in [1.82, 2.24) is 10.2 Å². The van der Waals surface area contributed by atoms with E-state index in [1.807, 2.05) is 0 Å². The third kappa shape index (κ3) is 2.95. The lowest BCUT2D eigenvalue weighted by atomic mass is 10.2. The SMILES string of the molecule is O=C(CN1C(=O)CS[C@H]1c1ccc(F)cc1)NC1CC1. The molecule has 1 aromatic carbocycles. The van der Waals surface area contributed by atoms with Gasteiger partial charge in [-0.3, -0.25) is 9.59 Å². The van der Waals surface area contributed by atoms with Crippen molar-refractivity contribution in [2.45, 2.75) is 24.3 Å². The van der Waals surface area contributed by atoms with Crippen LogP contribution >= 0.6 is 11.8 Å². The molecule has 1 saturated carbocycles. The van der Waals surface area contributed by atoms with Crippen molar-refractivity contribution in [1.29, 1.82) is 0 Å². The average Bonchev–Trinajstić information content (AvgIpc) is 3.16. The van der Waals surface area contributed by atoms with E-state index in [1.165, 1.54) is 23.9 Å². The molecule has 2 amide bonds. The lowest BCUT2D eigenvalue weighted by Crippen LogP contribution is -2.40. The summed E-state index contributed by atoms with van der Waals surface area (Å²) in [7, 11) is 0. The van der Waals surface area contributed by atoms with Crippen molar-refractivity contribution in [2.75, 3.05) is 12.3 Å². The van der Waals surface area contributed by atoms with Gasteiger partial charge in [0.25, 0.3) is 0 Å². The van der Waals surface area contributed by atoms with Gasteiger partial charge in [-0.05, 0) is 30.5 Å². The van der Waals surface area contributed by atoms with Crippen molar-refractivity contribution in [2.24, 2.45) is 0 Å². The van der Waals surface area contributed by atoms with E-state index in [0.717, 1.165) is 18.4 Å². The van der Waals surface area contributed by atoms with Gasteiger partial charge in [0.15, 0.2) is 0 Å². The van der Waals surface area contributed by atoms with Gasteiger partial charge in [-0.15, -0.1) is 11.8 Å². The molecule has 1 aliphatic heterocycles. The zero-order valence-corrected chi connectivity index (χ0v) is 11.7. The number of benzene rings is 1. The first-order valence-corrected chi connectivity index (χ1v) is 7.64. The number of hydrogen-bond donors (Lipinski definition) is 1. The number of thioether (sulfide) groups is 1. The minimum absolute atomic E-state index is 0.0460. The Bertz CT molecular complexity index is 530. The van der Waals surface area contributed by atoms with Crippen LogP contribution in [0.3, 0.4) is 0 Å². The molecule has 1 atom stereocenters. The van der Waals surface area contributed by atoms with Gasteiger partial charge in [0, 0.05) is 6.04 Å². The fourth-order valence-electron chi connectivity index (χ4n) is 2.18. The van der Waals surface area contributed by atoms with Crippen LogP contribution in [0.4, 0.5) is 4.39 Å². The van der Waals surface area contributed by atoms with Crippen LogP contribution in [-0.2, 0) is 9.59 Å². The second kappa shape index (κ2) is 5.44. The Balaban J connectivity index is 1.70. The van der Waals surface area contributed by atoms with Gasteiger partial charge in [-0.25, -0.2) is 4.39 Å². The van der Waals surface area contributed by atoms with E-state index in [0.29, 0.717) is 5.75 Å². The van der Waals surface area contributed by atoms with Gasteiger partial charge < -0.3 is 10.2 Å².